The molecule has 5 heteroatoms. The summed E-state index contributed by atoms with van der Waals surface area (Å²) in [6.07, 6.45) is 0.290. The maximum Gasteiger partial charge on any atom is 0.320 e. The minimum atomic E-state index is -1.00. The van der Waals surface area contributed by atoms with Gasteiger partial charge < -0.3 is 20.3 Å². The summed E-state index contributed by atoms with van der Waals surface area (Å²) in [7, 11) is 3.22. The van der Waals surface area contributed by atoms with Gasteiger partial charge in [-0.1, -0.05) is 30.3 Å². The van der Waals surface area contributed by atoms with Crippen LogP contribution in [0.4, 0.5) is 0 Å². The Hall–Kier alpha value is -2.53. The maximum atomic E-state index is 10.8. The summed E-state index contributed by atoms with van der Waals surface area (Å²) in [4.78, 5) is 10.8. The topological polar surface area (TPSA) is 81.8 Å². The van der Waals surface area contributed by atoms with Crippen LogP contribution < -0.4 is 15.2 Å². The molecule has 0 heterocycles. The zero-order valence-corrected chi connectivity index (χ0v) is 12.6. The monoisotopic (exact) mass is 301 g/mol. The lowest BCUT2D eigenvalue weighted by atomic mass is 9.99. The molecule has 0 bridgehead atoms. The lowest BCUT2D eigenvalue weighted by Crippen LogP contribution is -2.32. The number of ether oxygens (including phenoxy) is 2. The van der Waals surface area contributed by atoms with Crippen molar-refractivity contribution in [1.29, 1.82) is 0 Å². The third-order valence-corrected chi connectivity index (χ3v) is 3.44. The van der Waals surface area contributed by atoms with Crippen LogP contribution in [0.25, 0.3) is 11.1 Å². The third-order valence-electron chi connectivity index (χ3n) is 3.44. The molecular formula is C17H19NO4. The van der Waals surface area contributed by atoms with Gasteiger partial charge in [-0.2, -0.15) is 0 Å². The molecule has 0 unspecified atom stereocenters. The normalized spacial score (nSPS) is 11.8. The third kappa shape index (κ3) is 3.38. The lowest BCUT2D eigenvalue weighted by molar-refractivity contribution is -0.138. The highest BCUT2D eigenvalue weighted by molar-refractivity contribution is 5.77. The van der Waals surface area contributed by atoms with Crippen LogP contribution in [0.15, 0.2) is 42.5 Å². The molecule has 116 valence electrons. The first-order chi connectivity index (χ1) is 10.6. The van der Waals surface area contributed by atoms with Gasteiger partial charge in [-0.05, 0) is 29.7 Å². The van der Waals surface area contributed by atoms with Crippen molar-refractivity contribution in [1.82, 2.24) is 0 Å². The molecule has 2 aromatic carbocycles. The lowest BCUT2D eigenvalue weighted by Gasteiger charge is -2.14. The van der Waals surface area contributed by atoms with E-state index in [9.17, 15) is 4.79 Å². The standard InChI is InChI=1S/C17H19NO4/c1-21-14-4-3-5-15(22-2)16(14)12-8-6-11(7-9-12)10-13(18)17(19)20/h3-9,13H,10,18H2,1-2H3,(H,19,20)/t13-/m0/s1. The van der Waals surface area contributed by atoms with E-state index in [1.54, 1.807) is 14.2 Å². The Kier molecular flexibility index (Phi) is 5.01. The van der Waals surface area contributed by atoms with Gasteiger partial charge in [-0.25, -0.2) is 0 Å². The van der Waals surface area contributed by atoms with Gasteiger partial charge >= 0.3 is 5.97 Å². The van der Waals surface area contributed by atoms with Gasteiger partial charge in [0.15, 0.2) is 0 Å². The molecule has 0 aromatic heterocycles. The number of carbonyl (C=O) groups is 1. The molecule has 0 saturated heterocycles. The molecule has 5 nitrogen and oxygen atoms in total. The molecular weight excluding hydrogens is 282 g/mol. The molecule has 0 radical (unpaired) electrons. The first kappa shape index (κ1) is 15.9. The molecule has 0 aliphatic rings. The zero-order chi connectivity index (χ0) is 16.1. The Morgan fingerprint density at radius 3 is 2.09 bits per heavy atom. The molecule has 0 aliphatic carbocycles. The predicted octanol–water partition coefficient (Wildman–Crippen LogP) is 2.33. The summed E-state index contributed by atoms with van der Waals surface area (Å²) in [5.74, 6) is 0.430. The van der Waals surface area contributed by atoms with Crippen LogP contribution in [-0.2, 0) is 11.2 Å². The van der Waals surface area contributed by atoms with Gasteiger partial charge in [0.05, 0.1) is 19.8 Å². The fourth-order valence-corrected chi connectivity index (χ4v) is 2.28. The Labute approximate surface area is 129 Å². The molecule has 2 aromatic rings. The fourth-order valence-electron chi connectivity index (χ4n) is 2.28. The number of methoxy groups -OCH3 is 2. The van der Waals surface area contributed by atoms with Crippen LogP contribution in [-0.4, -0.2) is 31.3 Å². The summed E-state index contributed by atoms with van der Waals surface area (Å²) in [6, 6.07) is 12.2. The molecule has 1 atom stereocenters. The molecule has 0 saturated carbocycles. The van der Waals surface area contributed by atoms with Crippen molar-refractivity contribution >= 4 is 5.97 Å². The van der Waals surface area contributed by atoms with E-state index >= 15 is 0 Å². The van der Waals surface area contributed by atoms with Crippen molar-refractivity contribution in [2.75, 3.05) is 14.2 Å². The van der Waals surface area contributed by atoms with E-state index in [4.69, 9.17) is 20.3 Å². The Balaban J connectivity index is 2.33. The number of carboxylic acid groups (broad SMARTS) is 1. The highest BCUT2D eigenvalue weighted by Gasteiger charge is 2.14. The van der Waals surface area contributed by atoms with Gasteiger partial charge in [0.2, 0.25) is 0 Å². The second-order valence-electron chi connectivity index (χ2n) is 4.88. The minimum Gasteiger partial charge on any atom is -0.496 e. The Morgan fingerprint density at radius 2 is 1.64 bits per heavy atom. The highest BCUT2D eigenvalue weighted by atomic mass is 16.5. The molecule has 3 N–H and O–H groups in total. The molecule has 0 amide bonds. The molecule has 2 rings (SSSR count). The average Bonchev–Trinajstić information content (AvgIpc) is 2.54. The number of benzene rings is 2. The number of hydrogen-bond donors (Lipinski definition) is 2. The van der Waals surface area contributed by atoms with Gasteiger partial charge in [0.1, 0.15) is 17.5 Å². The second kappa shape index (κ2) is 6.95. The van der Waals surface area contributed by atoms with E-state index in [-0.39, 0.29) is 0 Å². The Morgan fingerprint density at radius 1 is 1.09 bits per heavy atom. The second-order valence-corrected chi connectivity index (χ2v) is 4.88. The van der Waals surface area contributed by atoms with Crippen LogP contribution in [0, 0.1) is 0 Å². The SMILES string of the molecule is COc1cccc(OC)c1-c1ccc(C[C@H](N)C(=O)O)cc1. The van der Waals surface area contributed by atoms with Crippen LogP contribution >= 0.6 is 0 Å². The summed E-state index contributed by atoms with van der Waals surface area (Å²) in [5, 5.41) is 8.85. The largest absolute Gasteiger partial charge is 0.496 e. The number of hydrogen-bond acceptors (Lipinski definition) is 4. The maximum absolute atomic E-state index is 10.8. The van der Waals surface area contributed by atoms with Crippen LogP contribution in [0.1, 0.15) is 5.56 Å². The quantitative estimate of drug-likeness (QED) is 0.855. The minimum absolute atomic E-state index is 0.290. The number of carboxylic acids is 1. The van der Waals surface area contributed by atoms with E-state index in [2.05, 4.69) is 0 Å². The van der Waals surface area contributed by atoms with Crippen molar-refractivity contribution in [3.63, 3.8) is 0 Å². The molecule has 0 fully saturated rings. The van der Waals surface area contributed by atoms with Crippen molar-refractivity contribution in [3.8, 4) is 22.6 Å². The van der Waals surface area contributed by atoms with Crippen molar-refractivity contribution < 1.29 is 19.4 Å². The van der Waals surface area contributed by atoms with Gasteiger partial charge in [0, 0.05) is 0 Å². The molecule has 0 aliphatic heterocycles. The van der Waals surface area contributed by atoms with Crippen molar-refractivity contribution in [2.24, 2.45) is 5.73 Å². The van der Waals surface area contributed by atoms with Gasteiger partial charge in [-0.3, -0.25) is 4.79 Å². The smallest absolute Gasteiger partial charge is 0.320 e. The van der Waals surface area contributed by atoms with E-state index < -0.39 is 12.0 Å². The summed E-state index contributed by atoms with van der Waals surface area (Å²) in [6.45, 7) is 0. The average molecular weight is 301 g/mol. The van der Waals surface area contributed by atoms with E-state index in [0.29, 0.717) is 17.9 Å². The number of aliphatic carboxylic acids is 1. The van der Waals surface area contributed by atoms with Crippen LogP contribution in [0.2, 0.25) is 0 Å². The molecule has 22 heavy (non-hydrogen) atoms. The fraction of sp³-hybridized carbons (Fsp3) is 0.235. The number of rotatable bonds is 6. The van der Waals surface area contributed by atoms with Crippen molar-refractivity contribution in [3.05, 3.63) is 48.0 Å². The highest BCUT2D eigenvalue weighted by Crippen LogP contribution is 2.38. The summed E-state index contributed by atoms with van der Waals surface area (Å²) >= 11 is 0. The first-order valence-electron chi connectivity index (χ1n) is 6.85. The van der Waals surface area contributed by atoms with E-state index in [0.717, 1.165) is 16.7 Å². The van der Waals surface area contributed by atoms with Gasteiger partial charge in [-0.15, -0.1) is 0 Å². The van der Waals surface area contributed by atoms with Gasteiger partial charge in [0.25, 0.3) is 0 Å². The van der Waals surface area contributed by atoms with E-state index in [1.165, 1.54) is 0 Å². The summed E-state index contributed by atoms with van der Waals surface area (Å²) in [5.41, 5.74) is 8.21. The van der Waals surface area contributed by atoms with E-state index in [1.807, 2.05) is 42.5 Å². The first-order valence-corrected chi connectivity index (χ1v) is 6.85. The zero-order valence-electron chi connectivity index (χ0n) is 12.6. The predicted molar refractivity (Wildman–Crippen MR) is 84.3 cm³/mol. The molecule has 0 spiro atoms. The number of nitrogens with two attached hydrogens (primary N) is 1. The van der Waals surface area contributed by atoms with Crippen LogP contribution in [0.5, 0.6) is 11.5 Å². The summed E-state index contributed by atoms with van der Waals surface area (Å²) < 4.78 is 10.8. The Bertz CT molecular complexity index is 630. The van der Waals surface area contributed by atoms with Crippen LogP contribution in [0.3, 0.4) is 0 Å². The van der Waals surface area contributed by atoms with Crippen molar-refractivity contribution in [2.45, 2.75) is 12.5 Å².